The minimum absolute atomic E-state index is 0.0446. The van der Waals surface area contributed by atoms with Gasteiger partial charge in [0.2, 0.25) is 6.79 Å². The summed E-state index contributed by atoms with van der Waals surface area (Å²) in [7, 11) is 0. The zero-order valence-corrected chi connectivity index (χ0v) is 12.1. The van der Waals surface area contributed by atoms with Gasteiger partial charge in [0, 0.05) is 29.1 Å². The van der Waals surface area contributed by atoms with Crippen LogP contribution in [0.2, 0.25) is 5.02 Å². The average molecular weight is 304 g/mol. The van der Waals surface area contributed by atoms with Crippen molar-refractivity contribution < 1.29 is 9.47 Å². The molecule has 6 heteroatoms. The van der Waals surface area contributed by atoms with Crippen molar-refractivity contribution in [1.82, 2.24) is 9.97 Å². The van der Waals surface area contributed by atoms with Gasteiger partial charge in [0.15, 0.2) is 17.3 Å². The zero-order valence-electron chi connectivity index (χ0n) is 11.3. The first kappa shape index (κ1) is 12.9. The topological polar surface area (TPSA) is 70.3 Å². The number of halogens is 1. The molecule has 1 aromatic carbocycles. The second kappa shape index (κ2) is 4.86. The summed E-state index contributed by atoms with van der Waals surface area (Å²) in [5, 5.41) is 0.512. The summed E-state index contributed by atoms with van der Waals surface area (Å²) < 4.78 is 10.7. The molecule has 0 fully saturated rings. The Labute approximate surface area is 127 Å². The van der Waals surface area contributed by atoms with E-state index in [-0.39, 0.29) is 12.8 Å². The lowest BCUT2D eigenvalue weighted by molar-refractivity contribution is 0.174. The van der Waals surface area contributed by atoms with Gasteiger partial charge in [0.1, 0.15) is 0 Å². The molecule has 1 atom stereocenters. The van der Waals surface area contributed by atoms with E-state index in [4.69, 9.17) is 26.8 Å². The summed E-state index contributed by atoms with van der Waals surface area (Å²) in [4.78, 5) is 9.09. The molecular weight excluding hydrogens is 290 g/mol. The van der Waals surface area contributed by atoms with Crippen LogP contribution in [0.5, 0.6) is 11.5 Å². The molecule has 108 valence electrons. The van der Waals surface area contributed by atoms with E-state index in [0.29, 0.717) is 22.3 Å². The Balaban J connectivity index is 1.79. The number of fused-ring (bicyclic) bond motifs is 2. The molecular formula is C15H14ClN3O2. The number of rotatable bonds is 1. The summed E-state index contributed by atoms with van der Waals surface area (Å²) in [5.74, 6) is 1.86. The van der Waals surface area contributed by atoms with Crippen molar-refractivity contribution in [2.75, 3.05) is 6.79 Å². The highest BCUT2D eigenvalue weighted by atomic mass is 35.5. The van der Waals surface area contributed by atoms with E-state index in [0.717, 1.165) is 36.1 Å². The third-order valence-corrected chi connectivity index (χ3v) is 4.19. The molecule has 1 aliphatic carbocycles. The second-order valence-electron chi connectivity index (χ2n) is 5.29. The van der Waals surface area contributed by atoms with E-state index in [1.54, 1.807) is 6.07 Å². The molecule has 2 heterocycles. The number of aromatic nitrogens is 2. The summed E-state index contributed by atoms with van der Waals surface area (Å²) in [6.07, 6.45) is 4.83. The predicted molar refractivity (Wildman–Crippen MR) is 78.5 cm³/mol. The maximum Gasteiger partial charge on any atom is 0.231 e. The molecule has 2 N–H and O–H groups in total. The number of benzene rings is 1. The first-order valence-electron chi connectivity index (χ1n) is 6.93. The molecule has 1 aromatic heterocycles. The first-order chi connectivity index (χ1) is 10.2. The molecule has 2 aromatic rings. The summed E-state index contributed by atoms with van der Waals surface area (Å²) >= 11 is 6.21. The Morgan fingerprint density at radius 1 is 1.29 bits per heavy atom. The fraction of sp³-hybridized carbons (Fsp3) is 0.333. The number of ether oxygens (including phenoxy) is 2. The van der Waals surface area contributed by atoms with Gasteiger partial charge < -0.3 is 15.2 Å². The molecule has 0 radical (unpaired) electrons. The normalized spacial score (nSPS) is 19.4. The van der Waals surface area contributed by atoms with Gasteiger partial charge in [-0.2, -0.15) is 0 Å². The third kappa shape index (κ3) is 2.13. The van der Waals surface area contributed by atoms with Crippen LogP contribution in [0.15, 0.2) is 18.3 Å². The fourth-order valence-electron chi connectivity index (χ4n) is 2.82. The van der Waals surface area contributed by atoms with Crippen LogP contribution in [0, 0.1) is 0 Å². The molecule has 0 saturated heterocycles. The largest absolute Gasteiger partial charge is 0.454 e. The van der Waals surface area contributed by atoms with Gasteiger partial charge in [-0.15, -0.1) is 0 Å². The number of nitrogens with two attached hydrogens (primary N) is 1. The van der Waals surface area contributed by atoms with Gasteiger partial charge in [-0.1, -0.05) is 11.6 Å². The van der Waals surface area contributed by atoms with Crippen molar-refractivity contribution in [3.05, 3.63) is 34.6 Å². The summed E-state index contributed by atoms with van der Waals surface area (Å²) in [5.41, 5.74) is 9.01. The monoisotopic (exact) mass is 303 g/mol. The van der Waals surface area contributed by atoms with E-state index >= 15 is 0 Å². The number of hydrogen-bond donors (Lipinski definition) is 1. The average Bonchev–Trinajstić information content (AvgIpc) is 2.96. The zero-order chi connectivity index (χ0) is 14.4. The van der Waals surface area contributed by atoms with E-state index in [1.807, 2.05) is 12.3 Å². The van der Waals surface area contributed by atoms with Crippen LogP contribution in [-0.2, 0) is 6.42 Å². The van der Waals surface area contributed by atoms with Crippen molar-refractivity contribution >= 4 is 11.6 Å². The van der Waals surface area contributed by atoms with E-state index in [1.165, 1.54) is 0 Å². The minimum atomic E-state index is 0.0446. The van der Waals surface area contributed by atoms with Gasteiger partial charge in [-0.05, 0) is 31.4 Å². The molecule has 0 spiro atoms. The van der Waals surface area contributed by atoms with Crippen LogP contribution in [0.3, 0.4) is 0 Å². The van der Waals surface area contributed by atoms with Crippen molar-refractivity contribution in [1.29, 1.82) is 0 Å². The Bertz CT molecular complexity index is 720. The van der Waals surface area contributed by atoms with Crippen LogP contribution >= 0.6 is 11.6 Å². The fourth-order valence-corrected chi connectivity index (χ4v) is 3.08. The number of nitrogens with zero attached hydrogens (tertiary/aromatic N) is 2. The van der Waals surface area contributed by atoms with E-state index < -0.39 is 0 Å². The van der Waals surface area contributed by atoms with Crippen LogP contribution in [0.25, 0.3) is 11.4 Å². The summed E-state index contributed by atoms with van der Waals surface area (Å²) in [6, 6.07) is 3.71. The van der Waals surface area contributed by atoms with Gasteiger partial charge in [-0.25, -0.2) is 9.97 Å². The molecule has 21 heavy (non-hydrogen) atoms. The molecule has 4 rings (SSSR count). The van der Waals surface area contributed by atoms with Gasteiger partial charge >= 0.3 is 0 Å². The van der Waals surface area contributed by atoms with Crippen LogP contribution < -0.4 is 15.2 Å². The molecule has 5 nitrogen and oxygen atoms in total. The molecule has 0 bridgehead atoms. The highest BCUT2D eigenvalue weighted by Crippen LogP contribution is 2.42. The van der Waals surface area contributed by atoms with Crippen molar-refractivity contribution in [2.45, 2.75) is 25.3 Å². The first-order valence-corrected chi connectivity index (χ1v) is 7.31. The SMILES string of the molecule is NC1CCCc2nc(-c3cc(Cl)c4c(c3)OCO4)ncc21. The lowest BCUT2D eigenvalue weighted by atomic mass is 9.93. The Kier molecular flexibility index (Phi) is 2.97. The smallest absolute Gasteiger partial charge is 0.231 e. The highest BCUT2D eigenvalue weighted by Gasteiger charge is 2.22. The molecule has 1 aliphatic heterocycles. The van der Waals surface area contributed by atoms with E-state index in [2.05, 4.69) is 9.97 Å². The highest BCUT2D eigenvalue weighted by molar-refractivity contribution is 6.32. The Hall–Kier alpha value is -1.85. The van der Waals surface area contributed by atoms with Gasteiger partial charge in [0.25, 0.3) is 0 Å². The Morgan fingerprint density at radius 2 is 2.19 bits per heavy atom. The quantitative estimate of drug-likeness (QED) is 0.877. The standard InChI is InChI=1S/C15H14ClN3O2/c16-10-4-8(5-13-14(10)21-7-20-13)15-18-6-9-11(17)2-1-3-12(9)19-15/h4-6,11H,1-3,7,17H2. The van der Waals surface area contributed by atoms with E-state index in [9.17, 15) is 0 Å². The number of hydrogen-bond acceptors (Lipinski definition) is 5. The molecule has 0 saturated carbocycles. The molecule has 0 amide bonds. The van der Waals surface area contributed by atoms with Crippen molar-refractivity contribution in [3.63, 3.8) is 0 Å². The lowest BCUT2D eigenvalue weighted by Gasteiger charge is -2.21. The van der Waals surface area contributed by atoms with Crippen LogP contribution in [0.1, 0.15) is 30.1 Å². The maximum atomic E-state index is 6.21. The second-order valence-corrected chi connectivity index (χ2v) is 5.69. The lowest BCUT2D eigenvalue weighted by Crippen LogP contribution is -2.19. The maximum absolute atomic E-state index is 6.21. The predicted octanol–water partition coefficient (Wildman–Crippen LogP) is 2.86. The van der Waals surface area contributed by atoms with Crippen molar-refractivity contribution in [2.24, 2.45) is 5.73 Å². The van der Waals surface area contributed by atoms with Crippen molar-refractivity contribution in [3.8, 4) is 22.9 Å². The Morgan fingerprint density at radius 3 is 3.10 bits per heavy atom. The number of aryl methyl sites for hydroxylation is 1. The van der Waals surface area contributed by atoms with Crippen LogP contribution in [0.4, 0.5) is 0 Å². The molecule has 1 unspecified atom stereocenters. The molecule has 2 aliphatic rings. The van der Waals surface area contributed by atoms with Crippen LogP contribution in [-0.4, -0.2) is 16.8 Å². The minimum Gasteiger partial charge on any atom is -0.454 e. The van der Waals surface area contributed by atoms with Gasteiger partial charge in [-0.3, -0.25) is 0 Å². The third-order valence-electron chi connectivity index (χ3n) is 3.91. The summed E-state index contributed by atoms with van der Waals surface area (Å²) in [6.45, 7) is 0.193. The van der Waals surface area contributed by atoms with Gasteiger partial charge in [0.05, 0.1) is 5.02 Å².